The minimum absolute atomic E-state index is 0.783. The molecular formula is C8H6O. The van der Waals surface area contributed by atoms with E-state index in [1.165, 1.54) is 0 Å². The van der Waals surface area contributed by atoms with Gasteiger partial charge in [-0.15, -0.1) is 0 Å². The molecular weight excluding hydrogens is 112 g/mol. The van der Waals surface area contributed by atoms with E-state index >= 15 is 0 Å². The van der Waals surface area contributed by atoms with Crippen molar-refractivity contribution >= 4 is 5.76 Å². The smallest absolute Gasteiger partial charge is 0.138 e. The Balaban J connectivity index is 2.63. The maximum Gasteiger partial charge on any atom is 0.138 e. The van der Waals surface area contributed by atoms with Crippen LogP contribution >= 0.6 is 0 Å². The summed E-state index contributed by atoms with van der Waals surface area (Å²) >= 11 is 0. The van der Waals surface area contributed by atoms with Gasteiger partial charge in [0.2, 0.25) is 0 Å². The summed E-state index contributed by atoms with van der Waals surface area (Å²) in [6, 6.07) is 7.86. The van der Waals surface area contributed by atoms with Crippen molar-refractivity contribution in [2.75, 3.05) is 0 Å². The SMILES string of the molecule is C=C1Oc2ccccc21. The minimum atomic E-state index is 0.783. The first-order chi connectivity index (χ1) is 4.38. The van der Waals surface area contributed by atoms with Crippen LogP contribution in [0.15, 0.2) is 30.8 Å². The first-order valence-corrected chi connectivity index (χ1v) is 2.84. The molecule has 0 saturated heterocycles. The predicted octanol–water partition coefficient (Wildman–Crippen LogP) is 2.05. The monoisotopic (exact) mass is 118 g/mol. The molecule has 0 aliphatic carbocycles. The third-order valence-electron chi connectivity index (χ3n) is 1.42. The molecule has 1 aromatic carbocycles. The van der Waals surface area contributed by atoms with Gasteiger partial charge in [-0.3, -0.25) is 0 Å². The Labute approximate surface area is 53.6 Å². The van der Waals surface area contributed by atoms with Crippen LogP contribution in [0, 0.1) is 0 Å². The van der Waals surface area contributed by atoms with Gasteiger partial charge in [0.25, 0.3) is 0 Å². The van der Waals surface area contributed by atoms with Gasteiger partial charge in [0.05, 0.1) is 5.56 Å². The second-order valence-electron chi connectivity index (χ2n) is 2.02. The van der Waals surface area contributed by atoms with E-state index < -0.39 is 0 Å². The molecule has 0 unspecified atom stereocenters. The van der Waals surface area contributed by atoms with Crippen molar-refractivity contribution in [3.63, 3.8) is 0 Å². The lowest BCUT2D eigenvalue weighted by molar-refractivity contribution is 0.467. The van der Waals surface area contributed by atoms with Gasteiger partial charge in [-0.2, -0.15) is 0 Å². The van der Waals surface area contributed by atoms with Crippen molar-refractivity contribution in [3.05, 3.63) is 36.4 Å². The largest absolute Gasteiger partial charge is 0.456 e. The zero-order chi connectivity index (χ0) is 6.27. The van der Waals surface area contributed by atoms with Crippen LogP contribution in [0.1, 0.15) is 5.56 Å². The second-order valence-corrected chi connectivity index (χ2v) is 2.02. The summed E-state index contributed by atoms with van der Waals surface area (Å²) in [5.41, 5.74) is 1.14. The van der Waals surface area contributed by atoms with Crippen molar-refractivity contribution in [3.8, 4) is 5.75 Å². The Hall–Kier alpha value is -1.24. The Bertz CT molecular complexity index is 263. The summed E-state index contributed by atoms with van der Waals surface area (Å²) in [6.07, 6.45) is 0. The molecule has 1 heteroatoms. The highest BCUT2D eigenvalue weighted by atomic mass is 16.5. The Morgan fingerprint density at radius 3 is 2.56 bits per heavy atom. The second kappa shape index (κ2) is 1.38. The van der Waals surface area contributed by atoms with Crippen molar-refractivity contribution in [2.45, 2.75) is 0 Å². The van der Waals surface area contributed by atoms with E-state index in [4.69, 9.17) is 4.74 Å². The number of ether oxygens (including phenoxy) is 1. The lowest BCUT2D eigenvalue weighted by Crippen LogP contribution is -2.05. The van der Waals surface area contributed by atoms with Gasteiger partial charge >= 0.3 is 0 Å². The quantitative estimate of drug-likeness (QED) is 0.506. The summed E-state index contributed by atoms with van der Waals surface area (Å²) in [4.78, 5) is 0. The minimum Gasteiger partial charge on any atom is -0.456 e. The van der Waals surface area contributed by atoms with Gasteiger partial charge in [-0.1, -0.05) is 18.7 Å². The highest BCUT2D eigenvalue weighted by molar-refractivity contribution is 5.73. The third kappa shape index (κ3) is 0.486. The van der Waals surface area contributed by atoms with E-state index in [1.54, 1.807) is 0 Å². The van der Waals surface area contributed by atoms with E-state index in [0.717, 1.165) is 17.1 Å². The van der Waals surface area contributed by atoms with Gasteiger partial charge in [0.15, 0.2) is 0 Å². The van der Waals surface area contributed by atoms with Crippen LogP contribution in [0.4, 0.5) is 0 Å². The van der Waals surface area contributed by atoms with Crippen molar-refractivity contribution < 1.29 is 4.74 Å². The standard InChI is InChI=1S/C8H6O/c1-6-7-4-2-3-5-8(7)9-6/h2-5H,1H2. The average Bonchev–Trinajstić information content (AvgIpc) is 1.86. The first-order valence-electron chi connectivity index (χ1n) is 2.84. The summed E-state index contributed by atoms with van der Waals surface area (Å²) in [5, 5.41) is 0. The molecule has 2 rings (SSSR count). The maximum atomic E-state index is 5.09. The fourth-order valence-electron chi connectivity index (χ4n) is 0.927. The molecule has 1 heterocycles. The summed E-state index contributed by atoms with van der Waals surface area (Å²) in [7, 11) is 0. The fraction of sp³-hybridized carbons (Fsp3) is 0. The van der Waals surface area contributed by atoms with Crippen molar-refractivity contribution in [1.29, 1.82) is 0 Å². The molecule has 1 aliphatic heterocycles. The van der Waals surface area contributed by atoms with Crippen LogP contribution < -0.4 is 4.74 Å². The molecule has 0 bridgehead atoms. The lowest BCUT2D eigenvalue weighted by Gasteiger charge is -2.21. The van der Waals surface area contributed by atoms with Gasteiger partial charge in [-0.25, -0.2) is 0 Å². The van der Waals surface area contributed by atoms with E-state index in [0.29, 0.717) is 0 Å². The number of hydrogen-bond donors (Lipinski definition) is 0. The molecule has 0 aromatic heterocycles. The number of rotatable bonds is 0. The third-order valence-corrected chi connectivity index (χ3v) is 1.42. The Morgan fingerprint density at radius 1 is 1.22 bits per heavy atom. The fourth-order valence-corrected chi connectivity index (χ4v) is 0.927. The van der Waals surface area contributed by atoms with Crippen molar-refractivity contribution in [2.24, 2.45) is 0 Å². The van der Waals surface area contributed by atoms with E-state index in [1.807, 2.05) is 24.3 Å². The van der Waals surface area contributed by atoms with Crippen LogP contribution in [0.25, 0.3) is 5.76 Å². The van der Waals surface area contributed by atoms with E-state index in [-0.39, 0.29) is 0 Å². The van der Waals surface area contributed by atoms with Gasteiger partial charge in [-0.05, 0) is 12.1 Å². The van der Waals surface area contributed by atoms with Crippen molar-refractivity contribution in [1.82, 2.24) is 0 Å². The van der Waals surface area contributed by atoms with E-state index in [9.17, 15) is 0 Å². The molecule has 0 atom stereocenters. The molecule has 0 radical (unpaired) electrons. The summed E-state index contributed by atoms with van der Waals surface area (Å²) in [6.45, 7) is 3.68. The zero-order valence-electron chi connectivity index (χ0n) is 4.92. The van der Waals surface area contributed by atoms with Crippen LogP contribution in [-0.4, -0.2) is 0 Å². The molecule has 9 heavy (non-hydrogen) atoms. The maximum absolute atomic E-state index is 5.09. The number of benzene rings is 1. The highest BCUT2D eigenvalue weighted by Gasteiger charge is 2.17. The Kier molecular flexibility index (Phi) is 0.707. The molecule has 0 fully saturated rings. The number of para-hydroxylation sites is 1. The Morgan fingerprint density at radius 2 is 2.00 bits per heavy atom. The normalized spacial score (nSPS) is 13.6. The molecule has 44 valence electrons. The highest BCUT2D eigenvalue weighted by Crippen LogP contribution is 2.35. The molecule has 1 aliphatic rings. The average molecular weight is 118 g/mol. The molecule has 0 saturated carbocycles. The summed E-state index contributed by atoms with van der Waals surface area (Å²) in [5.74, 6) is 1.73. The molecule has 0 spiro atoms. The lowest BCUT2D eigenvalue weighted by atomic mass is 10.1. The summed E-state index contributed by atoms with van der Waals surface area (Å²) < 4.78 is 5.09. The molecule has 0 amide bonds. The first kappa shape index (κ1) is 4.62. The van der Waals surface area contributed by atoms with Gasteiger partial charge in [0.1, 0.15) is 11.5 Å². The van der Waals surface area contributed by atoms with Gasteiger partial charge in [0, 0.05) is 0 Å². The van der Waals surface area contributed by atoms with Crippen LogP contribution in [-0.2, 0) is 0 Å². The van der Waals surface area contributed by atoms with Gasteiger partial charge < -0.3 is 4.74 Å². The topological polar surface area (TPSA) is 9.23 Å². The van der Waals surface area contributed by atoms with Crippen LogP contribution in [0.3, 0.4) is 0 Å². The predicted molar refractivity (Wildman–Crippen MR) is 36.1 cm³/mol. The van der Waals surface area contributed by atoms with E-state index in [2.05, 4.69) is 6.58 Å². The number of fused-ring (bicyclic) bond motifs is 1. The number of hydrogen-bond acceptors (Lipinski definition) is 1. The zero-order valence-corrected chi connectivity index (χ0v) is 4.92. The molecule has 1 aromatic rings. The molecule has 1 nitrogen and oxygen atoms in total. The molecule has 0 N–H and O–H groups in total. The van der Waals surface area contributed by atoms with Crippen LogP contribution in [0.5, 0.6) is 5.75 Å². The van der Waals surface area contributed by atoms with Crippen LogP contribution in [0.2, 0.25) is 0 Å².